The van der Waals surface area contributed by atoms with Crippen molar-refractivity contribution in [1.29, 1.82) is 0 Å². The van der Waals surface area contributed by atoms with Crippen LogP contribution in [0, 0.1) is 5.41 Å². The lowest BCUT2D eigenvalue weighted by Crippen LogP contribution is -2.39. The summed E-state index contributed by atoms with van der Waals surface area (Å²) in [5.41, 5.74) is 5.03. The van der Waals surface area contributed by atoms with Gasteiger partial charge in [0.05, 0.1) is 23.3 Å². The highest BCUT2D eigenvalue weighted by molar-refractivity contribution is 7.85. The smallest absolute Gasteiger partial charge is 0.251 e. The zero-order valence-electron chi connectivity index (χ0n) is 21.0. The van der Waals surface area contributed by atoms with E-state index < -0.39 is 16.9 Å². The molecular formula is C27H32F2N6OS. The summed E-state index contributed by atoms with van der Waals surface area (Å²) in [5, 5.41) is 4.67. The quantitative estimate of drug-likeness (QED) is 0.475. The van der Waals surface area contributed by atoms with Crippen molar-refractivity contribution < 1.29 is 13.0 Å². The van der Waals surface area contributed by atoms with Gasteiger partial charge >= 0.3 is 0 Å². The SMILES string of the molecule is CS(=O)Nc1ccc(-n2cc(-c3cccc(N4CCC(F)(F)CC4)n3)cn2)c(N2CCC3(CC2)CC3)c1. The summed E-state index contributed by atoms with van der Waals surface area (Å²) in [5.74, 6) is -1.87. The third-order valence-corrected chi connectivity index (χ3v) is 8.56. The molecule has 2 aliphatic heterocycles. The Morgan fingerprint density at radius 3 is 2.35 bits per heavy atom. The topological polar surface area (TPSA) is 66.3 Å². The van der Waals surface area contributed by atoms with Crippen LogP contribution in [-0.4, -0.2) is 57.3 Å². The Bertz CT molecular complexity index is 1300. The number of piperidine rings is 2. The second-order valence-electron chi connectivity index (χ2n) is 10.6. The minimum absolute atomic E-state index is 0.145. The fraction of sp³-hybridized carbons (Fsp3) is 0.481. The van der Waals surface area contributed by atoms with Gasteiger partial charge in [-0.05, 0) is 61.4 Å². The molecule has 10 heteroatoms. The van der Waals surface area contributed by atoms with E-state index in [2.05, 4.69) is 20.8 Å². The fourth-order valence-corrected chi connectivity index (χ4v) is 5.97. The highest BCUT2D eigenvalue weighted by Crippen LogP contribution is 2.54. The van der Waals surface area contributed by atoms with Gasteiger partial charge in [-0.15, -0.1) is 0 Å². The molecule has 7 nitrogen and oxygen atoms in total. The summed E-state index contributed by atoms with van der Waals surface area (Å²) in [6, 6.07) is 11.7. The Labute approximate surface area is 218 Å². The highest BCUT2D eigenvalue weighted by atomic mass is 32.2. The van der Waals surface area contributed by atoms with E-state index in [4.69, 9.17) is 4.98 Å². The Hall–Kier alpha value is -3.01. The molecule has 37 heavy (non-hydrogen) atoms. The van der Waals surface area contributed by atoms with Crippen molar-refractivity contribution in [3.8, 4) is 16.9 Å². The first-order valence-corrected chi connectivity index (χ1v) is 14.5. The number of halogens is 2. The van der Waals surface area contributed by atoms with Crippen molar-refractivity contribution in [2.75, 3.05) is 47.0 Å². The first-order valence-electron chi connectivity index (χ1n) is 12.9. The molecule has 1 spiro atoms. The zero-order chi connectivity index (χ0) is 25.6. The summed E-state index contributed by atoms with van der Waals surface area (Å²) in [4.78, 5) is 9.12. The van der Waals surface area contributed by atoms with Crippen LogP contribution in [0.5, 0.6) is 0 Å². The molecule has 3 aromatic rings. The average molecular weight is 527 g/mol. The van der Waals surface area contributed by atoms with E-state index in [1.54, 1.807) is 12.5 Å². The Balaban J connectivity index is 1.27. The summed E-state index contributed by atoms with van der Waals surface area (Å²) in [6.07, 6.45) is 10.2. The van der Waals surface area contributed by atoms with Gasteiger partial charge in [0.1, 0.15) is 16.8 Å². The van der Waals surface area contributed by atoms with E-state index >= 15 is 0 Å². The predicted octanol–water partition coefficient (Wildman–Crippen LogP) is 5.26. The predicted molar refractivity (Wildman–Crippen MR) is 144 cm³/mol. The van der Waals surface area contributed by atoms with Crippen molar-refractivity contribution >= 4 is 28.2 Å². The Morgan fingerprint density at radius 2 is 1.65 bits per heavy atom. The summed E-state index contributed by atoms with van der Waals surface area (Å²) < 4.78 is 43.9. The van der Waals surface area contributed by atoms with Gasteiger partial charge < -0.3 is 14.5 Å². The van der Waals surface area contributed by atoms with Gasteiger partial charge in [-0.1, -0.05) is 6.07 Å². The first-order chi connectivity index (χ1) is 17.8. The number of benzene rings is 1. The number of rotatable bonds is 6. The number of alkyl halides is 2. The van der Waals surface area contributed by atoms with Crippen molar-refractivity contribution in [1.82, 2.24) is 14.8 Å². The molecule has 196 valence electrons. The minimum Gasteiger partial charge on any atom is -0.370 e. The average Bonchev–Trinajstić information content (AvgIpc) is 3.44. The van der Waals surface area contributed by atoms with Crippen LogP contribution >= 0.6 is 0 Å². The number of anilines is 3. The van der Waals surface area contributed by atoms with Gasteiger partial charge in [-0.3, -0.25) is 0 Å². The van der Waals surface area contributed by atoms with Crippen LogP contribution in [0.25, 0.3) is 16.9 Å². The summed E-state index contributed by atoms with van der Waals surface area (Å²) in [7, 11) is -1.16. The maximum Gasteiger partial charge on any atom is 0.251 e. The van der Waals surface area contributed by atoms with Crippen LogP contribution in [0.15, 0.2) is 48.8 Å². The lowest BCUT2D eigenvalue weighted by Gasteiger charge is -2.35. The van der Waals surface area contributed by atoms with Gasteiger partial charge in [-0.25, -0.2) is 22.7 Å². The lowest BCUT2D eigenvalue weighted by molar-refractivity contribution is -0.0221. The molecule has 3 aliphatic rings. The monoisotopic (exact) mass is 526 g/mol. The van der Waals surface area contributed by atoms with Crippen molar-refractivity contribution in [3.05, 3.63) is 48.8 Å². The normalized spacial score (nSPS) is 21.2. The van der Waals surface area contributed by atoms with Crippen LogP contribution in [0.4, 0.5) is 26.0 Å². The minimum atomic E-state index is -2.59. The molecule has 2 aromatic heterocycles. The molecule has 4 heterocycles. The van der Waals surface area contributed by atoms with Crippen molar-refractivity contribution in [2.45, 2.75) is 44.4 Å². The number of hydrogen-bond acceptors (Lipinski definition) is 5. The van der Waals surface area contributed by atoms with Gasteiger partial charge in [-0.2, -0.15) is 5.10 Å². The summed E-state index contributed by atoms with van der Waals surface area (Å²) >= 11 is 0. The molecule has 0 amide bonds. The molecule has 0 radical (unpaired) electrons. The highest BCUT2D eigenvalue weighted by Gasteiger charge is 2.44. The second kappa shape index (κ2) is 9.38. The van der Waals surface area contributed by atoms with Gasteiger partial charge in [0, 0.05) is 62.7 Å². The van der Waals surface area contributed by atoms with E-state index in [1.165, 1.54) is 25.7 Å². The number of nitrogens with zero attached hydrogens (tertiary/aromatic N) is 5. The van der Waals surface area contributed by atoms with E-state index in [0.717, 1.165) is 41.4 Å². The molecule has 2 saturated heterocycles. The standard InChI is InChI=1S/C27H32F2N6OS/c1-37(36)32-21-5-6-23(24(17-21)33-13-9-26(7-8-26)10-14-33)35-19-20(18-30-35)22-3-2-4-25(31-22)34-15-11-27(28,29)12-16-34/h2-6,17-19,32H,7-16H2,1H3. The third kappa shape index (κ3) is 5.21. The number of nitrogens with one attached hydrogen (secondary N) is 1. The maximum atomic E-state index is 13.6. The molecule has 1 atom stereocenters. The van der Waals surface area contributed by atoms with Crippen LogP contribution in [0.3, 0.4) is 0 Å². The largest absolute Gasteiger partial charge is 0.370 e. The zero-order valence-corrected chi connectivity index (χ0v) is 21.8. The van der Waals surface area contributed by atoms with E-state index in [-0.39, 0.29) is 12.8 Å². The summed E-state index contributed by atoms with van der Waals surface area (Å²) in [6.45, 7) is 2.59. The van der Waals surface area contributed by atoms with Crippen LogP contribution < -0.4 is 14.5 Å². The maximum absolute atomic E-state index is 13.6. The van der Waals surface area contributed by atoms with Gasteiger partial charge in [0.2, 0.25) is 0 Å². The van der Waals surface area contributed by atoms with Crippen molar-refractivity contribution in [3.63, 3.8) is 0 Å². The van der Waals surface area contributed by atoms with Crippen LogP contribution in [-0.2, 0) is 11.0 Å². The first kappa shape index (κ1) is 24.3. The van der Waals surface area contributed by atoms with E-state index in [0.29, 0.717) is 24.3 Å². The molecule has 1 unspecified atom stereocenters. The van der Waals surface area contributed by atoms with Crippen molar-refractivity contribution in [2.24, 2.45) is 5.41 Å². The van der Waals surface area contributed by atoms with E-state index in [9.17, 15) is 13.0 Å². The molecule has 1 aliphatic carbocycles. The van der Waals surface area contributed by atoms with Crippen LogP contribution in [0.2, 0.25) is 0 Å². The number of pyridine rings is 1. The lowest BCUT2D eigenvalue weighted by atomic mass is 9.93. The fourth-order valence-electron chi connectivity index (χ4n) is 5.51. The van der Waals surface area contributed by atoms with Crippen LogP contribution in [0.1, 0.15) is 38.5 Å². The second-order valence-corrected chi connectivity index (χ2v) is 11.8. The third-order valence-electron chi connectivity index (χ3n) is 8.04. The molecule has 1 N–H and O–H groups in total. The number of aromatic nitrogens is 3. The molecule has 6 rings (SSSR count). The van der Waals surface area contributed by atoms with Gasteiger partial charge in [0.15, 0.2) is 0 Å². The van der Waals surface area contributed by atoms with E-state index in [1.807, 2.05) is 46.1 Å². The molecule has 1 saturated carbocycles. The Kier molecular flexibility index (Phi) is 6.17. The van der Waals surface area contributed by atoms with Gasteiger partial charge in [0.25, 0.3) is 5.92 Å². The molecular weight excluding hydrogens is 494 g/mol. The molecule has 1 aromatic carbocycles. The number of hydrogen-bond donors (Lipinski definition) is 1. The molecule has 0 bridgehead atoms. The molecule has 3 fully saturated rings. The Morgan fingerprint density at radius 1 is 0.919 bits per heavy atom.